The van der Waals surface area contributed by atoms with Crippen LogP contribution in [0.2, 0.25) is 0 Å². The molecule has 1 N–H and O–H groups in total. The van der Waals surface area contributed by atoms with E-state index in [0.29, 0.717) is 6.42 Å². The topological polar surface area (TPSA) is 76.1 Å². The van der Waals surface area contributed by atoms with Crippen LogP contribution in [0.3, 0.4) is 0 Å². The van der Waals surface area contributed by atoms with Gasteiger partial charge in [0.25, 0.3) is 0 Å². The molecule has 0 amide bonds. The third-order valence-corrected chi connectivity index (χ3v) is 5.20. The third kappa shape index (κ3) is 4.98. The van der Waals surface area contributed by atoms with E-state index in [1.165, 1.54) is 10.9 Å². The Labute approximate surface area is 177 Å². The minimum Gasteiger partial charge on any atom is -0.495 e. The molecule has 0 spiro atoms. The van der Waals surface area contributed by atoms with Crippen LogP contribution in [0.4, 0.5) is 0 Å². The Balaban J connectivity index is 1.92. The van der Waals surface area contributed by atoms with Crippen LogP contribution in [0.15, 0.2) is 72.7 Å². The molecular formula is C23H26BNO5. The Bertz CT molecular complexity index is 827. The van der Waals surface area contributed by atoms with E-state index < -0.39 is 24.7 Å². The Hall–Kier alpha value is -2.90. The molecule has 0 bridgehead atoms. The Morgan fingerprint density at radius 1 is 1.00 bits per heavy atom. The summed E-state index contributed by atoms with van der Waals surface area (Å²) >= 11 is 0. The molecule has 0 saturated carbocycles. The van der Waals surface area contributed by atoms with E-state index in [4.69, 9.17) is 9.31 Å². The first-order valence-electron chi connectivity index (χ1n) is 10.0. The summed E-state index contributed by atoms with van der Waals surface area (Å²) in [5, 5.41) is 11.9. The number of likely N-dealkylation sites (N-methyl/N-ethyl adjacent to an activating group) is 1. The van der Waals surface area contributed by atoms with Crippen LogP contribution >= 0.6 is 0 Å². The van der Waals surface area contributed by atoms with Crippen molar-refractivity contribution >= 4 is 19.1 Å². The molecular weight excluding hydrogens is 381 g/mol. The lowest BCUT2D eigenvalue weighted by molar-refractivity contribution is -0.145. The Morgan fingerprint density at radius 3 is 1.90 bits per heavy atom. The van der Waals surface area contributed by atoms with Crippen LogP contribution in [0.25, 0.3) is 0 Å². The second-order valence-corrected chi connectivity index (χ2v) is 7.42. The molecule has 1 atom stereocenters. The molecule has 0 aliphatic carbocycles. The van der Waals surface area contributed by atoms with Crippen molar-refractivity contribution in [3.63, 3.8) is 0 Å². The maximum atomic E-state index is 12.0. The fraction of sp³-hybridized carbons (Fsp3) is 0.304. The second kappa shape index (κ2) is 9.74. The van der Waals surface area contributed by atoms with Gasteiger partial charge in [0.05, 0.1) is 13.1 Å². The van der Waals surface area contributed by atoms with Crippen molar-refractivity contribution in [2.24, 2.45) is 5.92 Å². The summed E-state index contributed by atoms with van der Waals surface area (Å²) in [5.74, 6) is 0.225. The first kappa shape index (κ1) is 21.8. The van der Waals surface area contributed by atoms with Crippen molar-refractivity contribution in [2.45, 2.75) is 18.9 Å². The number of carbonyl (C=O) groups is 2. The zero-order valence-corrected chi connectivity index (χ0v) is 17.2. The molecule has 0 aromatic heterocycles. The highest BCUT2D eigenvalue weighted by molar-refractivity contribution is 6.54. The molecule has 1 aliphatic heterocycles. The van der Waals surface area contributed by atoms with Crippen molar-refractivity contribution < 1.29 is 24.0 Å². The fourth-order valence-corrected chi connectivity index (χ4v) is 3.71. The van der Waals surface area contributed by atoms with Crippen molar-refractivity contribution in [1.82, 2.24) is 4.90 Å². The molecule has 1 heterocycles. The van der Waals surface area contributed by atoms with E-state index in [9.17, 15) is 14.7 Å². The quantitative estimate of drug-likeness (QED) is 0.742. The van der Waals surface area contributed by atoms with Crippen LogP contribution in [0.5, 0.6) is 0 Å². The first-order valence-corrected chi connectivity index (χ1v) is 10.0. The molecule has 0 radical (unpaired) electrons. The molecule has 7 heteroatoms. The third-order valence-electron chi connectivity index (χ3n) is 5.20. The number of hydrogen-bond acceptors (Lipinski definition) is 6. The summed E-state index contributed by atoms with van der Waals surface area (Å²) < 4.78 is 10.5. The fourth-order valence-electron chi connectivity index (χ4n) is 3.71. The molecule has 3 rings (SSSR count). The van der Waals surface area contributed by atoms with Crippen LogP contribution in [0.1, 0.15) is 24.5 Å². The van der Waals surface area contributed by atoms with Gasteiger partial charge in [-0.05, 0) is 30.6 Å². The van der Waals surface area contributed by atoms with Gasteiger partial charge in [0, 0.05) is 5.92 Å². The number of hydrogen-bond donors (Lipinski definition) is 1. The number of aliphatic hydroxyl groups is 1. The minimum atomic E-state index is -1.30. The van der Waals surface area contributed by atoms with Gasteiger partial charge in [-0.15, -0.1) is 0 Å². The summed E-state index contributed by atoms with van der Waals surface area (Å²) in [7, 11) is 0.523. The van der Waals surface area contributed by atoms with E-state index in [0.717, 1.165) is 11.1 Å². The number of benzene rings is 2. The summed E-state index contributed by atoms with van der Waals surface area (Å²) in [6, 6.07) is 18.9. The van der Waals surface area contributed by atoms with Gasteiger partial charge < -0.3 is 14.4 Å². The lowest BCUT2D eigenvalue weighted by Gasteiger charge is -2.35. The van der Waals surface area contributed by atoms with E-state index in [2.05, 4.69) is 0 Å². The maximum Gasteiger partial charge on any atom is 0.628 e. The SMILES string of the molecule is CCC(/C=C/B1OC(=O)CN(C)CC(=O)O1)C(O)(c1ccccc1)c1ccccc1. The normalized spacial score (nSPS) is 17.2. The van der Waals surface area contributed by atoms with Gasteiger partial charge in [0.1, 0.15) is 5.60 Å². The number of rotatable bonds is 6. The number of carbonyl (C=O) groups excluding carboxylic acids is 2. The summed E-state index contributed by atoms with van der Waals surface area (Å²) in [6.45, 7) is 1.99. The minimum absolute atomic E-state index is 0.00855. The van der Waals surface area contributed by atoms with Gasteiger partial charge in [-0.2, -0.15) is 0 Å². The standard InChI is InChI=1S/C23H26BNO5/c1-3-18(14-15-24-29-21(26)16-25(2)17-22(27)30-24)23(28,19-10-6-4-7-11-19)20-12-8-5-9-13-20/h4-15,18,28H,3,16-17H2,1-2H3/b15-14+. The molecule has 1 unspecified atom stereocenters. The highest BCUT2D eigenvalue weighted by Crippen LogP contribution is 2.39. The van der Waals surface area contributed by atoms with Crippen LogP contribution in [0, 0.1) is 5.92 Å². The van der Waals surface area contributed by atoms with Gasteiger partial charge >= 0.3 is 19.1 Å². The number of nitrogens with zero attached hydrogens (tertiary/aromatic N) is 1. The Kier molecular flexibility index (Phi) is 7.08. The summed E-state index contributed by atoms with van der Waals surface area (Å²) in [5.41, 5.74) is 0.200. The molecule has 156 valence electrons. The van der Waals surface area contributed by atoms with Gasteiger partial charge in [0.2, 0.25) is 0 Å². The van der Waals surface area contributed by atoms with E-state index in [1.54, 1.807) is 13.1 Å². The molecule has 1 saturated heterocycles. The second-order valence-electron chi connectivity index (χ2n) is 7.42. The first-order chi connectivity index (χ1) is 14.4. The van der Waals surface area contributed by atoms with Gasteiger partial charge in [-0.25, -0.2) is 0 Å². The van der Waals surface area contributed by atoms with Gasteiger partial charge in [-0.1, -0.05) is 73.7 Å². The van der Waals surface area contributed by atoms with Crippen LogP contribution in [-0.4, -0.2) is 49.2 Å². The monoisotopic (exact) mass is 407 g/mol. The molecule has 30 heavy (non-hydrogen) atoms. The maximum absolute atomic E-state index is 12.0. The highest BCUT2D eigenvalue weighted by Gasteiger charge is 2.39. The van der Waals surface area contributed by atoms with E-state index >= 15 is 0 Å². The van der Waals surface area contributed by atoms with Crippen molar-refractivity contribution in [2.75, 3.05) is 20.1 Å². The Morgan fingerprint density at radius 2 is 1.47 bits per heavy atom. The smallest absolute Gasteiger partial charge is 0.495 e. The lowest BCUT2D eigenvalue weighted by Crippen LogP contribution is -2.42. The largest absolute Gasteiger partial charge is 0.628 e. The highest BCUT2D eigenvalue weighted by atomic mass is 16.6. The van der Waals surface area contributed by atoms with Crippen molar-refractivity contribution in [3.8, 4) is 0 Å². The van der Waals surface area contributed by atoms with E-state index in [1.807, 2.05) is 67.6 Å². The molecule has 1 fully saturated rings. The predicted octanol–water partition coefficient (Wildman–Crippen LogP) is 2.56. The van der Waals surface area contributed by atoms with Crippen molar-refractivity contribution in [1.29, 1.82) is 0 Å². The van der Waals surface area contributed by atoms with E-state index in [-0.39, 0.29) is 19.0 Å². The molecule has 2 aromatic rings. The predicted molar refractivity (Wildman–Crippen MR) is 114 cm³/mol. The average molecular weight is 407 g/mol. The average Bonchev–Trinajstić information content (AvgIpc) is 2.73. The molecule has 1 aliphatic rings. The molecule has 2 aromatic carbocycles. The van der Waals surface area contributed by atoms with Crippen LogP contribution in [-0.2, 0) is 24.5 Å². The summed E-state index contributed by atoms with van der Waals surface area (Å²) in [4.78, 5) is 25.5. The zero-order chi connectivity index (χ0) is 21.6. The van der Waals surface area contributed by atoms with Gasteiger partial charge in [0.15, 0.2) is 0 Å². The van der Waals surface area contributed by atoms with Gasteiger partial charge in [-0.3, -0.25) is 14.5 Å². The summed E-state index contributed by atoms with van der Waals surface area (Å²) in [6.07, 6.45) is 2.37. The van der Waals surface area contributed by atoms with Crippen LogP contribution < -0.4 is 0 Å². The van der Waals surface area contributed by atoms with Crippen molar-refractivity contribution in [3.05, 3.63) is 83.8 Å². The zero-order valence-electron chi connectivity index (χ0n) is 17.2. The lowest BCUT2D eigenvalue weighted by atomic mass is 9.73. The molecule has 6 nitrogen and oxygen atoms in total.